The lowest BCUT2D eigenvalue weighted by molar-refractivity contribution is -0.151. The van der Waals surface area contributed by atoms with Crippen molar-refractivity contribution >= 4 is 41.0 Å². The molecule has 2 aliphatic rings. The number of fused-ring (bicyclic) bond motifs is 2. The molecule has 0 spiro atoms. The summed E-state index contributed by atoms with van der Waals surface area (Å²) in [5.74, 6) is -3.06. The molecule has 1 atom stereocenters. The average Bonchev–Trinajstić information content (AvgIpc) is 3.15. The number of nitrogens with zero attached hydrogens (tertiary/aromatic N) is 2. The van der Waals surface area contributed by atoms with E-state index in [1.165, 1.54) is 17.0 Å². The van der Waals surface area contributed by atoms with Gasteiger partial charge in [-0.3, -0.25) is 29.0 Å². The van der Waals surface area contributed by atoms with Crippen LogP contribution in [0, 0.1) is 0 Å². The normalized spacial score (nSPS) is 15.2. The Morgan fingerprint density at radius 1 is 0.833 bits per heavy atom. The number of carbonyl (C=O) groups is 5. The van der Waals surface area contributed by atoms with Gasteiger partial charge in [-0.1, -0.05) is 54.6 Å². The second kappa shape index (κ2) is 9.46. The molecule has 0 saturated carbocycles. The summed E-state index contributed by atoms with van der Waals surface area (Å²) in [4.78, 5) is 66.5. The summed E-state index contributed by atoms with van der Waals surface area (Å²) in [5, 5.41) is 2.69. The van der Waals surface area contributed by atoms with E-state index in [2.05, 4.69) is 5.32 Å². The zero-order valence-corrected chi connectivity index (χ0v) is 19.0. The van der Waals surface area contributed by atoms with Crippen LogP contribution in [0.5, 0.6) is 0 Å². The second-order valence-corrected chi connectivity index (χ2v) is 8.38. The van der Waals surface area contributed by atoms with Gasteiger partial charge in [0.05, 0.1) is 22.5 Å². The number of benzene rings is 3. The third-order valence-electron chi connectivity index (χ3n) is 6.09. The first kappa shape index (κ1) is 23.0. The van der Waals surface area contributed by atoms with E-state index in [1.807, 2.05) is 6.07 Å². The van der Waals surface area contributed by atoms with Crippen LogP contribution in [0.2, 0.25) is 0 Å². The molecule has 1 N–H and O–H groups in total. The summed E-state index contributed by atoms with van der Waals surface area (Å²) in [6.07, 6.45) is 0.0221. The lowest BCUT2D eigenvalue weighted by atomic mass is 10.0. The molecule has 1 unspecified atom stereocenters. The summed E-state index contributed by atoms with van der Waals surface area (Å²) in [7, 11) is 0. The van der Waals surface area contributed by atoms with Gasteiger partial charge >= 0.3 is 5.97 Å². The smallest absolute Gasteiger partial charge is 0.330 e. The number of amides is 4. The quantitative estimate of drug-likeness (QED) is 0.426. The Bertz CT molecular complexity index is 1350. The molecule has 0 fully saturated rings. The Morgan fingerprint density at radius 3 is 2.14 bits per heavy atom. The molecule has 9 nitrogen and oxygen atoms in total. The van der Waals surface area contributed by atoms with E-state index < -0.39 is 36.3 Å². The molecule has 2 aliphatic heterocycles. The Labute approximate surface area is 206 Å². The van der Waals surface area contributed by atoms with Crippen LogP contribution in [-0.2, 0) is 25.5 Å². The molecule has 3 aromatic carbocycles. The van der Waals surface area contributed by atoms with Crippen molar-refractivity contribution in [1.29, 1.82) is 0 Å². The molecule has 2 heterocycles. The summed E-state index contributed by atoms with van der Waals surface area (Å²) < 4.78 is 5.34. The molecule has 0 aliphatic carbocycles. The number of hydrogen-bond donors (Lipinski definition) is 1. The van der Waals surface area contributed by atoms with Crippen molar-refractivity contribution < 1.29 is 28.7 Å². The minimum atomic E-state index is -1.27. The Kier molecular flexibility index (Phi) is 6.03. The zero-order valence-electron chi connectivity index (χ0n) is 19.0. The molecule has 4 amide bonds. The van der Waals surface area contributed by atoms with E-state index in [0.717, 1.165) is 4.90 Å². The van der Waals surface area contributed by atoms with E-state index in [9.17, 15) is 24.0 Å². The van der Waals surface area contributed by atoms with Crippen molar-refractivity contribution in [3.63, 3.8) is 0 Å². The lowest BCUT2D eigenvalue weighted by Gasteiger charge is -2.29. The molecule has 9 heteroatoms. The van der Waals surface area contributed by atoms with Crippen LogP contribution in [0.15, 0.2) is 78.9 Å². The highest BCUT2D eigenvalue weighted by molar-refractivity contribution is 6.22. The number of anilines is 2. The number of imide groups is 1. The molecule has 36 heavy (non-hydrogen) atoms. The van der Waals surface area contributed by atoms with Crippen molar-refractivity contribution in [2.45, 2.75) is 12.5 Å². The van der Waals surface area contributed by atoms with E-state index in [4.69, 9.17) is 4.74 Å². The number of nitrogens with one attached hydrogen (secondary N) is 1. The first-order valence-electron chi connectivity index (χ1n) is 11.3. The molecule has 0 aromatic heterocycles. The zero-order chi connectivity index (χ0) is 25.2. The number of carbonyl (C=O) groups excluding carboxylic acids is 5. The first-order valence-corrected chi connectivity index (χ1v) is 11.3. The molecular formula is C27H21N3O6. The van der Waals surface area contributed by atoms with Gasteiger partial charge in [-0.15, -0.1) is 0 Å². The predicted octanol–water partition coefficient (Wildman–Crippen LogP) is 2.42. The van der Waals surface area contributed by atoms with Crippen molar-refractivity contribution in [3.8, 4) is 0 Å². The van der Waals surface area contributed by atoms with Gasteiger partial charge in [0.2, 0.25) is 5.91 Å². The van der Waals surface area contributed by atoms with Gasteiger partial charge in [-0.05, 0) is 29.8 Å². The van der Waals surface area contributed by atoms with E-state index >= 15 is 0 Å². The lowest BCUT2D eigenvalue weighted by Crippen LogP contribution is -2.48. The summed E-state index contributed by atoms with van der Waals surface area (Å²) in [5.41, 5.74) is 2.09. The van der Waals surface area contributed by atoms with E-state index in [-0.39, 0.29) is 30.0 Å². The van der Waals surface area contributed by atoms with Crippen molar-refractivity contribution in [2.24, 2.45) is 0 Å². The minimum Gasteiger partial charge on any atom is -0.454 e. The van der Waals surface area contributed by atoms with Gasteiger partial charge < -0.3 is 10.1 Å². The Balaban J connectivity index is 1.37. The second-order valence-electron chi connectivity index (χ2n) is 8.38. The van der Waals surface area contributed by atoms with Gasteiger partial charge in [0, 0.05) is 6.42 Å². The molecule has 180 valence electrons. The van der Waals surface area contributed by atoms with Gasteiger partial charge in [0.25, 0.3) is 17.7 Å². The highest BCUT2D eigenvalue weighted by atomic mass is 16.5. The highest BCUT2D eigenvalue weighted by Gasteiger charge is 2.43. The van der Waals surface area contributed by atoms with Crippen LogP contribution in [0.3, 0.4) is 0 Å². The highest BCUT2D eigenvalue weighted by Crippen LogP contribution is 2.29. The summed E-state index contributed by atoms with van der Waals surface area (Å²) in [6, 6.07) is 20.8. The van der Waals surface area contributed by atoms with Crippen molar-refractivity contribution in [2.75, 3.05) is 23.4 Å². The van der Waals surface area contributed by atoms with Gasteiger partial charge in [-0.25, -0.2) is 4.79 Å². The predicted molar refractivity (Wildman–Crippen MR) is 129 cm³/mol. The third kappa shape index (κ3) is 4.22. The van der Waals surface area contributed by atoms with E-state index in [1.54, 1.807) is 60.7 Å². The molecule has 3 aromatic rings. The van der Waals surface area contributed by atoms with Crippen LogP contribution in [0.25, 0.3) is 0 Å². The fourth-order valence-corrected chi connectivity index (χ4v) is 4.37. The topological polar surface area (TPSA) is 113 Å². The third-order valence-corrected chi connectivity index (χ3v) is 6.09. The molecule has 0 bridgehead atoms. The summed E-state index contributed by atoms with van der Waals surface area (Å²) >= 11 is 0. The molecule has 0 saturated heterocycles. The fourth-order valence-electron chi connectivity index (χ4n) is 4.37. The number of para-hydroxylation sites is 2. The van der Waals surface area contributed by atoms with Crippen molar-refractivity contribution in [3.05, 3.63) is 95.6 Å². The van der Waals surface area contributed by atoms with Crippen LogP contribution in [0.4, 0.5) is 11.4 Å². The Hall–Kier alpha value is -4.79. The number of hydrogen-bond acceptors (Lipinski definition) is 6. The largest absolute Gasteiger partial charge is 0.454 e. The SMILES string of the molecule is O=C1CN(C(=O)COC(=O)C(Cc2ccccc2)N2C(=O)c3ccccc3C2=O)c2ccccc2N1. The first-order chi connectivity index (χ1) is 17.4. The van der Waals surface area contributed by atoms with Gasteiger partial charge in [0.1, 0.15) is 12.6 Å². The standard InChI is InChI=1S/C27H21N3O6/c31-23-15-29(21-13-7-6-12-20(21)28-23)24(32)16-36-27(35)22(14-17-8-2-1-3-9-17)30-25(33)18-10-4-5-11-19(18)26(30)34/h1-13,22H,14-16H2,(H,28,31). The molecule has 5 rings (SSSR count). The minimum absolute atomic E-state index is 0.0221. The molecular weight excluding hydrogens is 462 g/mol. The maximum absolute atomic E-state index is 13.3. The molecule has 0 radical (unpaired) electrons. The van der Waals surface area contributed by atoms with Crippen LogP contribution >= 0.6 is 0 Å². The monoisotopic (exact) mass is 483 g/mol. The number of rotatable bonds is 6. The van der Waals surface area contributed by atoms with E-state index in [0.29, 0.717) is 16.9 Å². The van der Waals surface area contributed by atoms with Gasteiger partial charge in [0.15, 0.2) is 6.61 Å². The fraction of sp³-hybridized carbons (Fsp3) is 0.148. The van der Waals surface area contributed by atoms with Crippen molar-refractivity contribution in [1.82, 2.24) is 4.90 Å². The number of esters is 1. The average molecular weight is 483 g/mol. The van der Waals surface area contributed by atoms with Crippen LogP contribution in [-0.4, -0.2) is 53.7 Å². The maximum Gasteiger partial charge on any atom is 0.330 e. The Morgan fingerprint density at radius 2 is 1.44 bits per heavy atom. The summed E-state index contributed by atoms with van der Waals surface area (Å²) in [6.45, 7) is -0.881. The van der Waals surface area contributed by atoms with Gasteiger partial charge in [-0.2, -0.15) is 0 Å². The van der Waals surface area contributed by atoms with Crippen LogP contribution < -0.4 is 10.2 Å². The number of ether oxygens (including phenoxy) is 1. The van der Waals surface area contributed by atoms with Crippen LogP contribution in [0.1, 0.15) is 26.3 Å². The maximum atomic E-state index is 13.3.